The topological polar surface area (TPSA) is 76.3 Å². The van der Waals surface area contributed by atoms with E-state index in [1.165, 1.54) is 0 Å². The fraction of sp³-hybridized carbons (Fsp3) is 0.579. The zero-order chi connectivity index (χ0) is 19.6. The number of rotatable bonds is 7. The highest BCUT2D eigenvalue weighted by atomic mass is 16.2. The number of aryl methyl sites for hydroxylation is 2. The second-order valence-electron chi connectivity index (χ2n) is 6.85. The molecule has 0 radical (unpaired) electrons. The molecule has 3 rings (SSSR count). The molecule has 0 N–H and O–H groups in total. The van der Waals surface area contributed by atoms with E-state index in [9.17, 15) is 9.59 Å². The Morgan fingerprint density at radius 2 is 2.04 bits per heavy atom. The molecule has 0 atom stereocenters. The molecule has 1 aliphatic rings. The van der Waals surface area contributed by atoms with Gasteiger partial charge in [-0.2, -0.15) is 5.10 Å². The third-order valence-electron chi connectivity index (χ3n) is 4.91. The molecule has 0 saturated heterocycles. The van der Waals surface area contributed by atoms with Crippen molar-refractivity contribution >= 4 is 11.8 Å². The van der Waals surface area contributed by atoms with Gasteiger partial charge in [0.15, 0.2) is 5.82 Å². The van der Waals surface area contributed by atoms with Crippen LogP contribution < -0.4 is 0 Å². The monoisotopic (exact) mass is 372 g/mol. The van der Waals surface area contributed by atoms with Crippen LogP contribution in [0.15, 0.2) is 12.3 Å². The zero-order valence-electron chi connectivity index (χ0n) is 16.6. The van der Waals surface area contributed by atoms with Gasteiger partial charge in [0, 0.05) is 38.9 Å². The van der Waals surface area contributed by atoms with Crippen LogP contribution in [0.2, 0.25) is 0 Å². The van der Waals surface area contributed by atoms with Gasteiger partial charge >= 0.3 is 0 Å². The molecular weight excluding hydrogens is 344 g/mol. The van der Waals surface area contributed by atoms with Gasteiger partial charge in [-0.15, -0.1) is 0 Å². The number of fused-ring (bicyclic) bond motifs is 1. The number of likely N-dealkylation sites (N-methyl/N-ethyl adjacent to an activating group) is 1. The van der Waals surface area contributed by atoms with Gasteiger partial charge in [-0.25, -0.2) is 4.98 Å². The number of carbonyl (C=O) groups excluding carboxylic acids is 2. The fourth-order valence-electron chi connectivity index (χ4n) is 3.45. The first-order chi connectivity index (χ1) is 13.0. The Morgan fingerprint density at radius 1 is 1.26 bits per heavy atom. The summed E-state index contributed by atoms with van der Waals surface area (Å²) in [4.78, 5) is 33.3. The van der Waals surface area contributed by atoms with E-state index in [1.807, 2.05) is 31.5 Å². The average molecular weight is 372 g/mol. The number of aromatic nitrogens is 4. The lowest BCUT2D eigenvalue weighted by Crippen LogP contribution is -2.40. The molecule has 0 spiro atoms. The molecule has 0 saturated carbocycles. The standard InChI is InChI=1S/C19H28N6O2/c1-5-8-25-15(11-14(4)21-25)12-23(7-3)18(26)16-13-24-10-9-22(6-2)19(27)17(24)20-16/h11,13H,5-10,12H2,1-4H3. The van der Waals surface area contributed by atoms with Crippen LogP contribution in [-0.2, 0) is 19.6 Å². The van der Waals surface area contributed by atoms with Gasteiger partial charge in [0.05, 0.1) is 17.9 Å². The maximum Gasteiger partial charge on any atom is 0.289 e. The molecule has 1 aliphatic heterocycles. The second kappa shape index (κ2) is 7.94. The minimum Gasteiger partial charge on any atom is -0.334 e. The van der Waals surface area contributed by atoms with Crippen molar-refractivity contribution in [3.63, 3.8) is 0 Å². The molecule has 0 fully saturated rings. The number of carbonyl (C=O) groups is 2. The summed E-state index contributed by atoms with van der Waals surface area (Å²) in [5.41, 5.74) is 2.29. The van der Waals surface area contributed by atoms with Crippen LogP contribution in [0.3, 0.4) is 0 Å². The van der Waals surface area contributed by atoms with Crippen molar-refractivity contribution in [3.05, 3.63) is 35.2 Å². The van der Waals surface area contributed by atoms with Gasteiger partial charge in [0.2, 0.25) is 0 Å². The SMILES string of the molecule is CCCn1nc(C)cc1CN(CC)C(=O)c1cn2c(n1)C(=O)N(CC)CC2. The Kier molecular flexibility index (Phi) is 5.62. The lowest BCUT2D eigenvalue weighted by molar-refractivity contribution is 0.0707. The summed E-state index contributed by atoms with van der Waals surface area (Å²) in [6.07, 6.45) is 2.69. The van der Waals surface area contributed by atoms with Crippen LogP contribution in [0.5, 0.6) is 0 Å². The van der Waals surface area contributed by atoms with Gasteiger partial charge in [0.1, 0.15) is 5.69 Å². The van der Waals surface area contributed by atoms with Crippen molar-refractivity contribution in [1.29, 1.82) is 0 Å². The molecule has 2 aromatic heterocycles. The average Bonchev–Trinajstić information content (AvgIpc) is 3.24. The number of nitrogens with zero attached hydrogens (tertiary/aromatic N) is 6. The van der Waals surface area contributed by atoms with Crippen molar-refractivity contribution < 1.29 is 9.59 Å². The second-order valence-corrected chi connectivity index (χ2v) is 6.85. The van der Waals surface area contributed by atoms with Crippen LogP contribution in [0.4, 0.5) is 0 Å². The van der Waals surface area contributed by atoms with Crippen molar-refractivity contribution in [3.8, 4) is 0 Å². The summed E-state index contributed by atoms with van der Waals surface area (Å²) < 4.78 is 3.76. The Morgan fingerprint density at radius 3 is 2.70 bits per heavy atom. The first-order valence-electron chi connectivity index (χ1n) is 9.67. The number of imidazole rings is 1. The van der Waals surface area contributed by atoms with E-state index in [4.69, 9.17) is 0 Å². The van der Waals surface area contributed by atoms with E-state index in [0.717, 1.165) is 24.4 Å². The third kappa shape index (κ3) is 3.74. The van der Waals surface area contributed by atoms with Crippen molar-refractivity contribution in [2.75, 3.05) is 19.6 Å². The van der Waals surface area contributed by atoms with E-state index < -0.39 is 0 Å². The van der Waals surface area contributed by atoms with Crippen LogP contribution in [0, 0.1) is 6.92 Å². The van der Waals surface area contributed by atoms with Crippen LogP contribution >= 0.6 is 0 Å². The molecule has 2 amide bonds. The molecule has 27 heavy (non-hydrogen) atoms. The minimum absolute atomic E-state index is 0.109. The lowest BCUT2D eigenvalue weighted by atomic mass is 10.3. The van der Waals surface area contributed by atoms with Gasteiger partial charge in [0.25, 0.3) is 11.8 Å². The van der Waals surface area contributed by atoms with Crippen LogP contribution in [-0.4, -0.2) is 60.6 Å². The summed E-state index contributed by atoms with van der Waals surface area (Å²) in [5.74, 6) is 0.0917. The Labute approximate surface area is 159 Å². The molecular formula is C19H28N6O2. The summed E-state index contributed by atoms with van der Waals surface area (Å²) in [5, 5.41) is 4.51. The van der Waals surface area contributed by atoms with E-state index in [1.54, 1.807) is 20.6 Å². The summed E-state index contributed by atoms with van der Waals surface area (Å²) in [6.45, 7) is 11.8. The normalized spacial score (nSPS) is 13.8. The highest BCUT2D eigenvalue weighted by Crippen LogP contribution is 2.16. The van der Waals surface area contributed by atoms with Crippen LogP contribution in [0.25, 0.3) is 0 Å². The number of amides is 2. The maximum absolute atomic E-state index is 13.0. The minimum atomic E-state index is -0.155. The van der Waals surface area contributed by atoms with E-state index in [2.05, 4.69) is 17.0 Å². The lowest BCUT2D eigenvalue weighted by Gasteiger charge is -2.25. The molecule has 0 aromatic carbocycles. The quantitative estimate of drug-likeness (QED) is 0.744. The molecule has 8 heteroatoms. The molecule has 8 nitrogen and oxygen atoms in total. The van der Waals surface area contributed by atoms with Crippen molar-refractivity contribution in [1.82, 2.24) is 29.1 Å². The zero-order valence-corrected chi connectivity index (χ0v) is 16.6. The maximum atomic E-state index is 13.0. The molecule has 3 heterocycles. The van der Waals surface area contributed by atoms with Crippen molar-refractivity contribution in [2.24, 2.45) is 0 Å². The highest BCUT2D eigenvalue weighted by molar-refractivity contribution is 5.96. The van der Waals surface area contributed by atoms with Gasteiger partial charge in [-0.05, 0) is 33.3 Å². The van der Waals surface area contributed by atoms with Gasteiger partial charge in [-0.3, -0.25) is 14.3 Å². The molecule has 2 aromatic rings. The molecule has 0 aliphatic carbocycles. The van der Waals surface area contributed by atoms with E-state index in [-0.39, 0.29) is 11.8 Å². The van der Waals surface area contributed by atoms with E-state index in [0.29, 0.717) is 44.2 Å². The predicted molar refractivity (Wildman–Crippen MR) is 101 cm³/mol. The predicted octanol–water partition coefficient (Wildman–Crippen LogP) is 1.94. The summed E-state index contributed by atoms with van der Waals surface area (Å²) in [7, 11) is 0. The molecule has 0 bridgehead atoms. The molecule has 0 unspecified atom stereocenters. The molecule has 146 valence electrons. The smallest absolute Gasteiger partial charge is 0.289 e. The van der Waals surface area contributed by atoms with Crippen molar-refractivity contribution in [2.45, 2.75) is 53.8 Å². The highest BCUT2D eigenvalue weighted by Gasteiger charge is 2.28. The Balaban J connectivity index is 1.81. The first-order valence-corrected chi connectivity index (χ1v) is 9.67. The Hall–Kier alpha value is -2.64. The summed E-state index contributed by atoms with van der Waals surface area (Å²) in [6, 6.07) is 2.02. The summed E-state index contributed by atoms with van der Waals surface area (Å²) >= 11 is 0. The van der Waals surface area contributed by atoms with E-state index >= 15 is 0 Å². The fourth-order valence-corrected chi connectivity index (χ4v) is 3.45. The number of hydrogen-bond donors (Lipinski definition) is 0. The largest absolute Gasteiger partial charge is 0.334 e. The Bertz CT molecular complexity index is 837. The van der Waals surface area contributed by atoms with Gasteiger partial charge in [-0.1, -0.05) is 6.92 Å². The number of hydrogen-bond acceptors (Lipinski definition) is 4. The third-order valence-corrected chi connectivity index (χ3v) is 4.91. The van der Waals surface area contributed by atoms with Gasteiger partial charge < -0.3 is 14.4 Å². The van der Waals surface area contributed by atoms with Crippen LogP contribution in [0.1, 0.15) is 59.7 Å². The first kappa shape index (κ1) is 19.1.